The average molecular weight is 359 g/mol. The lowest BCUT2D eigenvalue weighted by Crippen LogP contribution is -2.21. The molecule has 5 N–H and O–H groups in total. The fourth-order valence-corrected chi connectivity index (χ4v) is 2.45. The predicted octanol–water partition coefficient (Wildman–Crippen LogP) is 1.33. The first-order valence-corrected chi connectivity index (χ1v) is 7.56. The van der Waals surface area contributed by atoms with Crippen molar-refractivity contribution in [2.24, 2.45) is 5.73 Å². The molecule has 1 aromatic carbocycles. The largest absolute Gasteiger partial charge is 0.382 e. The van der Waals surface area contributed by atoms with Crippen LogP contribution in [0.1, 0.15) is 22.1 Å². The Kier molecular flexibility index (Phi) is 4.85. The van der Waals surface area contributed by atoms with Gasteiger partial charge in [0, 0.05) is 31.2 Å². The minimum atomic E-state index is -0.711. The Morgan fingerprint density at radius 2 is 1.88 bits per heavy atom. The first-order chi connectivity index (χ1) is 12.5. The monoisotopic (exact) mass is 359 g/mol. The summed E-state index contributed by atoms with van der Waals surface area (Å²) < 4.78 is 28.3. The van der Waals surface area contributed by atoms with Gasteiger partial charge in [-0.05, 0) is 17.7 Å². The Balaban J connectivity index is 1.82. The number of aromatic nitrogens is 4. The molecule has 3 rings (SSSR count). The summed E-state index contributed by atoms with van der Waals surface area (Å²) in [6.07, 6.45) is 5.58. The molecule has 0 aliphatic heterocycles. The third-order valence-electron chi connectivity index (χ3n) is 3.61. The van der Waals surface area contributed by atoms with Gasteiger partial charge < -0.3 is 16.8 Å². The number of hydrogen-bond acceptors (Lipinski definition) is 6. The Bertz CT molecular complexity index is 924. The number of benzene rings is 1. The van der Waals surface area contributed by atoms with E-state index in [1.807, 2.05) is 0 Å². The number of halogens is 2. The lowest BCUT2D eigenvalue weighted by molar-refractivity contribution is 0.102. The lowest BCUT2D eigenvalue weighted by atomic mass is 10.1. The maximum atomic E-state index is 13.5. The third-order valence-corrected chi connectivity index (χ3v) is 3.61. The van der Waals surface area contributed by atoms with E-state index >= 15 is 0 Å². The predicted molar refractivity (Wildman–Crippen MR) is 90.2 cm³/mol. The highest BCUT2D eigenvalue weighted by Crippen LogP contribution is 2.21. The van der Waals surface area contributed by atoms with Gasteiger partial charge in [0.2, 0.25) is 0 Å². The Morgan fingerprint density at radius 3 is 2.54 bits per heavy atom. The average Bonchev–Trinajstić information content (AvgIpc) is 3.03. The number of nitrogens with two attached hydrogens (primary N) is 2. The second kappa shape index (κ2) is 7.23. The van der Waals surface area contributed by atoms with Crippen molar-refractivity contribution in [1.82, 2.24) is 19.7 Å². The number of nitrogens with zero attached hydrogens (tertiary/aromatic N) is 4. The number of carbonyl (C=O) groups excluding carboxylic acids is 1. The molecule has 1 amide bonds. The Hall–Kier alpha value is -3.40. The molecular formula is C16H15F2N7O. The van der Waals surface area contributed by atoms with Gasteiger partial charge in [0.05, 0.1) is 17.9 Å². The van der Waals surface area contributed by atoms with Gasteiger partial charge in [-0.25, -0.2) is 18.7 Å². The zero-order valence-corrected chi connectivity index (χ0v) is 13.4. The van der Waals surface area contributed by atoms with Crippen LogP contribution in [0.4, 0.5) is 20.3 Å². The van der Waals surface area contributed by atoms with Gasteiger partial charge in [-0.3, -0.25) is 9.48 Å². The van der Waals surface area contributed by atoms with Crippen LogP contribution in [0.5, 0.6) is 0 Å². The zero-order valence-electron chi connectivity index (χ0n) is 13.4. The van der Waals surface area contributed by atoms with E-state index < -0.39 is 23.6 Å². The summed E-state index contributed by atoms with van der Waals surface area (Å²) in [4.78, 5) is 19.8. The maximum absolute atomic E-state index is 13.5. The summed E-state index contributed by atoms with van der Waals surface area (Å²) in [5.74, 6) is -1.99. The molecule has 134 valence electrons. The second-order valence-electron chi connectivity index (χ2n) is 5.41. The summed E-state index contributed by atoms with van der Waals surface area (Å²) in [6.45, 7) is 0.0507. The molecule has 0 bridgehead atoms. The van der Waals surface area contributed by atoms with Crippen LogP contribution in [0.3, 0.4) is 0 Å². The molecule has 0 fully saturated rings. The number of nitrogen functional groups attached to an aromatic ring is 1. The Morgan fingerprint density at radius 1 is 1.19 bits per heavy atom. The van der Waals surface area contributed by atoms with E-state index in [-0.39, 0.29) is 18.1 Å². The SMILES string of the molecule is NCC(c1cc(F)cc(F)c1)n1cc(NC(=O)c2nccnc2N)cn1. The van der Waals surface area contributed by atoms with Gasteiger partial charge in [-0.15, -0.1) is 0 Å². The fourth-order valence-electron chi connectivity index (χ4n) is 2.45. The summed E-state index contributed by atoms with van der Waals surface area (Å²) in [6, 6.07) is 2.53. The molecule has 2 heterocycles. The van der Waals surface area contributed by atoms with E-state index in [2.05, 4.69) is 20.4 Å². The molecule has 10 heteroatoms. The topological polar surface area (TPSA) is 125 Å². The molecule has 3 aromatic rings. The van der Waals surface area contributed by atoms with Gasteiger partial charge in [-0.2, -0.15) is 5.10 Å². The number of hydrogen-bond donors (Lipinski definition) is 3. The first-order valence-electron chi connectivity index (χ1n) is 7.56. The summed E-state index contributed by atoms with van der Waals surface area (Å²) in [5.41, 5.74) is 12.0. The number of nitrogens with one attached hydrogen (secondary N) is 1. The third kappa shape index (κ3) is 3.64. The van der Waals surface area contributed by atoms with Crippen molar-refractivity contribution in [3.8, 4) is 0 Å². The van der Waals surface area contributed by atoms with E-state index in [0.717, 1.165) is 6.07 Å². The number of amides is 1. The minimum absolute atomic E-state index is 0.00698. The highest BCUT2D eigenvalue weighted by atomic mass is 19.1. The standard InChI is InChI=1S/C16H15F2N7O/c17-10-3-9(4-11(18)5-10)13(6-19)25-8-12(7-23-25)24-16(26)14-15(20)22-2-1-21-14/h1-5,7-8,13H,6,19H2,(H2,20,22)(H,24,26). The van der Waals surface area contributed by atoms with Crippen LogP contribution in [-0.4, -0.2) is 32.2 Å². The van der Waals surface area contributed by atoms with Crippen molar-refractivity contribution in [1.29, 1.82) is 0 Å². The molecule has 8 nitrogen and oxygen atoms in total. The van der Waals surface area contributed by atoms with Crippen molar-refractivity contribution < 1.29 is 13.6 Å². The van der Waals surface area contributed by atoms with E-state index in [9.17, 15) is 13.6 Å². The van der Waals surface area contributed by atoms with Gasteiger partial charge in [0.15, 0.2) is 11.5 Å². The van der Waals surface area contributed by atoms with Crippen molar-refractivity contribution in [2.45, 2.75) is 6.04 Å². The van der Waals surface area contributed by atoms with Gasteiger partial charge >= 0.3 is 0 Å². The smallest absolute Gasteiger partial charge is 0.278 e. The maximum Gasteiger partial charge on any atom is 0.278 e. The number of carbonyl (C=O) groups is 1. The molecule has 0 radical (unpaired) electrons. The van der Waals surface area contributed by atoms with Crippen molar-refractivity contribution in [3.63, 3.8) is 0 Å². The van der Waals surface area contributed by atoms with Crippen molar-refractivity contribution in [2.75, 3.05) is 17.6 Å². The van der Waals surface area contributed by atoms with Gasteiger partial charge in [-0.1, -0.05) is 0 Å². The molecule has 0 saturated carbocycles. The minimum Gasteiger partial charge on any atom is -0.382 e. The zero-order chi connectivity index (χ0) is 18.7. The molecule has 0 spiro atoms. The van der Waals surface area contributed by atoms with Crippen LogP contribution >= 0.6 is 0 Å². The highest BCUT2D eigenvalue weighted by Gasteiger charge is 2.17. The summed E-state index contributed by atoms with van der Waals surface area (Å²) in [7, 11) is 0. The summed E-state index contributed by atoms with van der Waals surface area (Å²) in [5, 5.41) is 6.68. The van der Waals surface area contributed by atoms with Crippen LogP contribution in [0.25, 0.3) is 0 Å². The van der Waals surface area contributed by atoms with E-state index in [4.69, 9.17) is 11.5 Å². The number of rotatable bonds is 5. The van der Waals surface area contributed by atoms with Gasteiger partial charge in [0.1, 0.15) is 11.6 Å². The van der Waals surface area contributed by atoms with Crippen molar-refractivity contribution in [3.05, 3.63) is 65.9 Å². The molecule has 0 saturated heterocycles. The fraction of sp³-hybridized carbons (Fsp3) is 0.125. The van der Waals surface area contributed by atoms with E-state index in [0.29, 0.717) is 11.3 Å². The molecular weight excluding hydrogens is 344 g/mol. The van der Waals surface area contributed by atoms with E-state index in [1.54, 1.807) is 0 Å². The Labute approximate surface area is 146 Å². The molecule has 26 heavy (non-hydrogen) atoms. The molecule has 1 atom stereocenters. The van der Waals surface area contributed by atoms with Crippen LogP contribution in [0.15, 0.2) is 43.0 Å². The molecule has 1 unspecified atom stereocenters. The quantitative estimate of drug-likeness (QED) is 0.631. The van der Waals surface area contributed by atoms with Crippen LogP contribution in [0, 0.1) is 11.6 Å². The van der Waals surface area contributed by atoms with Crippen LogP contribution in [0.2, 0.25) is 0 Å². The molecule has 2 aromatic heterocycles. The highest BCUT2D eigenvalue weighted by molar-refractivity contribution is 6.05. The lowest BCUT2D eigenvalue weighted by Gasteiger charge is -2.16. The van der Waals surface area contributed by atoms with E-state index in [1.165, 1.54) is 41.6 Å². The summed E-state index contributed by atoms with van der Waals surface area (Å²) >= 11 is 0. The van der Waals surface area contributed by atoms with Gasteiger partial charge in [0.25, 0.3) is 5.91 Å². The first kappa shape index (κ1) is 17.4. The number of anilines is 2. The van der Waals surface area contributed by atoms with Crippen LogP contribution in [-0.2, 0) is 0 Å². The van der Waals surface area contributed by atoms with Crippen LogP contribution < -0.4 is 16.8 Å². The molecule has 0 aliphatic carbocycles. The second-order valence-corrected chi connectivity index (χ2v) is 5.41. The molecule has 0 aliphatic rings. The normalized spacial score (nSPS) is 12.0. The van der Waals surface area contributed by atoms with Crippen molar-refractivity contribution >= 4 is 17.4 Å².